The van der Waals surface area contributed by atoms with Crippen LogP contribution in [-0.2, 0) is 4.74 Å². The quantitative estimate of drug-likeness (QED) is 0.758. The maximum atomic E-state index is 5.59. The normalized spacial score (nSPS) is 38.2. The van der Waals surface area contributed by atoms with Crippen LogP contribution in [-0.4, -0.2) is 25.3 Å². The molecule has 2 aliphatic heterocycles. The standard InChI is InChI=1S/C13H25NO/c1-11(2)13(12-6-9-15-10-12)7-4-3-5-8-14-13/h11-12,14H,3-10H2,1-2H3. The van der Waals surface area contributed by atoms with E-state index in [1.165, 1.54) is 38.6 Å². The fourth-order valence-corrected chi connectivity index (χ4v) is 3.38. The van der Waals surface area contributed by atoms with Gasteiger partial charge in [0.15, 0.2) is 0 Å². The Morgan fingerprint density at radius 3 is 2.80 bits per heavy atom. The Labute approximate surface area is 93.8 Å². The second-order valence-electron chi connectivity index (χ2n) is 5.49. The third kappa shape index (κ3) is 2.21. The van der Waals surface area contributed by atoms with Crippen molar-refractivity contribution in [1.82, 2.24) is 5.32 Å². The average molecular weight is 211 g/mol. The minimum absolute atomic E-state index is 0.368. The first-order chi connectivity index (χ1) is 7.26. The second kappa shape index (κ2) is 4.84. The fraction of sp³-hybridized carbons (Fsp3) is 1.00. The predicted octanol–water partition coefficient (Wildman–Crippen LogP) is 2.58. The number of hydrogen-bond donors (Lipinski definition) is 1. The summed E-state index contributed by atoms with van der Waals surface area (Å²) < 4.78 is 5.59. The van der Waals surface area contributed by atoms with Crippen molar-refractivity contribution in [2.45, 2.75) is 51.5 Å². The van der Waals surface area contributed by atoms with Gasteiger partial charge in [0.05, 0.1) is 6.61 Å². The highest BCUT2D eigenvalue weighted by Crippen LogP contribution is 2.37. The van der Waals surface area contributed by atoms with Gasteiger partial charge in [-0.15, -0.1) is 0 Å². The molecule has 0 saturated carbocycles. The van der Waals surface area contributed by atoms with Crippen molar-refractivity contribution in [3.8, 4) is 0 Å². The van der Waals surface area contributed by atoms with Crippen LogP contribution in [0, 0.1) is 11.8 Å². The maximum Gasteiger partial charge on any atom is 0.0512 e. The highest BCUT2D eigenvalue weighted by molar-refractivity contribution is 4.99. The summed E-state index contributed by atoms with van der Waals surface area (Å²) in [6, 6.07) is 0. The van der Waals surface area contributed by atoms with Crippen molar-refractivity contribution < 1.29 is 4.74 Å². The van der Waals surface area contributed by atoms with Crippen LogP contribution in [0.5, 0.6) is 0 Å². The van der Waals surface area contributed by atoms with Crippen molar-refractivity contribution in [3.63, 3.8) is 0 Å². The molecule has 2 nitrogen and oxygen atoms in total. The molecule has 2 fully saturated rings. The Kier molecular flexibility index (Phi) is 3.68. The number of rotatable bonds is 2. The summed E-state index contributed by atoms with van der Waals surface area (Å²) in [6.45, 7) is 7.90. The Hall–Kier alpha value is -0.0800. The number of nitrogens with one attached hydrogen (secondary N) is 1. The molecule has 0 aromatic carbocycles. The van der Waals surface area contributed by atoms with Crippen molar-refractivity contribution in [1.29, 1.82) is 0 Å². The third-order valence-corrected chi connectivity index (χ3v) is 4.41. The molecule has 2 saturated heterocycles. The molecule has 2 rings (SSSR count). The van der Waals surface area contributed by atoms with Crippen LogP contribution >= 0.6 is 0 Å². The van der Waals surface area contributed by atoms with Crippen LogP contribution < -0.4 is 5.32 Å². The van der Waals surface area contributed by atoms with Crippen LogP contribution in [0.4, 0.5) is 0 Å². The van der Waals surface area contributed by atoms with E-state index in [0.717, 1.165) is 25.0 Å². The zero-order chi connectivity index (χ0) is 10.7. The molecule has 15 heavy (non-hydrogen) atoms. The Morgan fingerprint density at radius 2 is 2.13 bits per heavy atom. The van der Waals surface area contributed by atoms with Gasteiger partial charge >= 0.3 is 0 Å². The first kappa shape index (κ1) is 11.4. The van der Waals surface area contributed by atoms with Crippen LogP contribution in [0.25, 0.3) is 0 Å². The first-order valence-corrected chi connectivity index (χ1v) is 6.58. The molecule has 2 unspecified atom stereocenters. The van der Waals surface area contributed by atoms with Gasteiger partial charge in [-0.05, 0) is 31.7 Å². The zero-order valence-electron chi connectivity index (χ0n) is 10.2. The molecule has 0 spiro atoms. The summed E-state index contributed by atoms with van der Waals surface area (Å²) in [7, 11) is 0. The highest BCUT2D eigenvalue weighted by Gasteiger charge is 2.42. The van der Waals surface area contributed by atoms with Crippen LogP contribution in [0.2, 0.25) is 0 Å². The van der Waals surface area contributed by atoms with Gasteiger partial charge in [-0.2, -0.15) is 0 Å². The second-order valence-corrected chi connectivity index (χ2v) is 5.49. The lowest BCUT2D eigenvalue weighted by Gasteiger charge is -2.42. The molecule has 2 heteroatoms. The van der Waals surface area contributed by atoms with Gasteiger partial charge < -0.3 is 10.1 Å². The number of hydrogen-bond acceptors (Lipinski definition) is 2. The van der Waals surface area contributed by atoms with E-state index in [2.05, 4.69) is 19.2 Å². The molecule has 2 aliphatic rings. The SMILES string of the molecule is CC(C)C1(C2CCOC2)CCCCCN1. The summed E-state index contributed by atoms with van der Waals surface area (Å²) in [5.74, 6) is 1.47. The van der Waals surface area contributed by atoms with Crippen molar-refractivity contribution >= 4 is 0 Å². The maximum absolute atomic E-state index is 5.59. The molecule has 0 aromatic heterocycles. The van der Waals surface area contributed by atoms with Crippen LogP contribution in [0.1, 0.15) is 46.0 Å². The van der Waals surface area contributed by atoms with Gasteiger partial charge in [0.25, 0.3) is 0 Å². The van der Waals surface area contributed by atoms with E-state index in [1.54, 1.807) is 0 Å². The van der Waals surface area contributed by atoms with E-state index in [4.69, 9.17) is 4.74 Å². The van der Waals surface area contributed by atoms with E-state index in [0.29, 0.717) is 5.54 Å². The van der Waals surface area contributed by atoms with Crippen molar-refractivity contribution in [2.75, 3.05) is 19.8 Å². The van der Waals surface area contributed by atoms with E-state index < -0.39 is 0 Å². The van der Waals surface area contributed by atoms with Gasteiger partial charge in [0.2, 0.25) is 0 Å². The monoisotopic (exact) mass is 211 g/mol. The Bertz CT molecular complexity index is 189. The molecule has 0 amide bonds. The molecule has 0 aliphatic carbocycles. The highest BCUT2D eigenvalue weighted by atomic mass is 16.5. The lowest BCUT2D eigenvalue weighted by molar-refractivity contribution is 0.108. The molecule has 0 bridgehead atoms. The molecule has 0 aromatic rings. The largest absolute Gasteiger partial charge is 0.381 e. The minimum atomic E-state index is 0.368. The van der Waals surface area contributed by atoms with E-state index in [9.17, 15) is 0 Å². The van der Waals surface area contributed by atoms with Gasteiger partial charge in [-0.3, -0.25) is 0 Å². The average Bonchev–Trinajstić information content (AvgIpc) is 2.63. The summed E-state index contributed by atoms with van der Waals surface area (Å²) >= 11 is 0. The smallest absolute Gasteiger partial charge is 0.0512 e. The van der Waals surface area contributed by atoms with E-state index >= 15 is 0 Å². The summed E-state index contributed by atoms with van der Waals surface area (Å²) in [5, 5.41) is 3.86. The minimum Gasteiger partial charge on any atom is -0.381 e. The Balaban J connectivity index is 2.13. The molecule has 88 valence electrons. The lowest BCUT2D eigenvalue weighted by atomic mass is 9.72. The summed E-state index contributed by atoms with van der Waals surface area (Å²) in [5.41, 5.74) is 0.368. The molecule has 1 N–H and O–H groups in total. The molecule has 2 atom stereocenters. The summed E-state index contributed by atoms with van der Waals surface area (Å²) in [4.78, 5) is 0. The molecular formula is C13H25NO. The van der Waals surface area contributed by atoms with Crippen LogP contribution in [0.15, 0.2) is 0 Å². The van der Waals surface area contributed by atoms with Gasteiger partial charge in [0, 0.05) is 18.1 Å². The van der Waals surface area contributed by atoms with Gasteiger partial charge in [-0.25, -0.2) is 0 Å². The third-order valence-electron chi connectivity index (χ3n) is 4.41. The van der Waals surface area contributed by atoms with E-state index in [1.807, 2.05) is 0 Å². The van der Waals surface area contributed by atoms with Crippen molar-refractivity contribution in [3.05, 3.63) is 0 Å². The lowest BCUT2D eigenvalue weighted by Crippen LogP contribution is -2.55. The number of ether oxygens (including phenoxy) is 1. The van der Waals surface area contributed by atoms with E-state index in [-0.39, 0.29) is 0 Å². The van der Waals surface area contributed by atoms with Gasteiger partial charge in [-0.1, -0.05) is 26.7 Å². The fourth-order valence-electron chi connectivity index (χ4n) is 3.38. The molecular weight excluding hydrogens is 186 g/mol. The van der Waals surface area contributed by atoms with Crippen LogP contribution in [0.3, 0.4) is 0 Å². The zero-order valence-corrected chi connectivity index (χ0v) is 10.2. The predicted molar refractivity (Wildman–Crippen MR) is 63.0 cm³/mol. The molecule has 2 heterocycles. The summed E-state index contributed by atoms with van der Waals surface area (Å²) in [6.07, 6.45) is 6.74. The Morgan fingerprint density at radius 1 is 1.27 bits per heavy atom. The molecule has 0 radical (unpaired) electrons. The van der Waals surface area contributed by atoms with Crippen molar-refractivity contribution in [2.24, 2.45) is 11.8 Å². The first-order valence-electron chi connectivity index (χ1n) is 6.58. The van der Waals surface area contributed by atoms with Gasteiger partial charge in [0.1, 0.15) is 0 Å². The topological polar surface area (TPSA) is 21.3 Å².